The van der Waals surface area contributed by atoms with Gasteiger partial charge in [0.25, 0.3) is 0 Å². The van der Waals surface area contributed by atoms with Crippen molar-refractivity contribution in [1.29, 1.82) is 0 Å². The van der Waals surface area contributed by atoms with Gasteiger partial charge in [0.1, 0.15) is 17.5 Å². The largest absolute Gasteiger partial charge is 0.298 e. The van der Waals surface area contributed by atoms with Crippen molar-refractivity contribution in [3.05, 3.63) is 104 Å². The molecule has 0 fully saturated rings. The second-order valence-electron chi connectivity index (χ2n) is 8.95. The molecule has 1 heterocycles. The molecule has 2 aromatic carbocycles. The third-order valence-electron chi connectivity index (χ3n) is 6.19. The smallest absolute Gasteiger partial charge is 0.151 e. The molecule has 2 unspecified atom stereocenters. The molecule has 0 radical (unpaired) electrons. The molecule has 0 spiro atoms. The fourth-order valence-electron chi connectivity index (χ4n) is 4.09. The molecule has 1 aliphatic carbocycles. The van der Waals surface area contributed by atoms with Crippen LogP contribution in [0.4, 0.5) is 13.2 Å². The molecule has 0 saturated carbocycles. The summed E-state index contributed by atoms with van der Waals surface area (Å²) in [4.78, 5) is 16.0. The summed E-state index contributed by atoms with van der Waals surface area (Å²) in [7, 11) is -0.800. The van der Waals surface area contributed by atoms with Crippen molar-refractivity contribution < 1.29 is 18.0 Å². The Kier molecular flexibility index (Phi) is 11.6. The number of halogens is 4. The van der Waals surface area contributed by atoms with Crippen molar-refractivity contribution >= 4 is 61.2 Å². The van der Waals surface area contributed by atoms with Gasteiger partial charge in [-0.15, -0.1) is 32.9 Å². The topological polar surface area (TPSA) is 29.4 Å². The maximum Gasteiger partial charge on any atom is 0.151 e. The lowest BCUT2D eigenvalue weighted by Crippen LogP contribution is -2.09. The number of rotatable bonds is 5. The molecular formula is C29H29ClF3NOS3. The zero-order valence-electron chi connectivity index (χ0n) is 21.3. The summed E-state index contributed by atoms with van der Waals surface area (Å²) >= 11 is 11.5. The van der Waals surface area contributed by atoms with Gasteiger partial charge in [-0.1, -0.05) is 35.4 Å². The van der Waals surface area contributed by atoms with Crippen LogP contribution in [0.15, 0.2) is 81.4 Å². The van der Waals surface area contributed by atoms with Gasteiger partial charge in [0.15, 0.2) is 6.29 Å². The van der Waals surface area contributed by atoms with E-state index in [1.165, 1.54) is 34.7 Å². The summed E-state index contributed by atoms with van der Waals surface area (Å²) in [6.45, 7) is 5.85. The highest BCUT2D eigenvalue weighted by Crippen LogP contribution is 2.39. The molecular weight excluding hydrogens is 567 g/mol. The number of carbonyl (C=O) groups is 1. The fraction of sp³-hybridized carbons (Fsp3) is 0.276. The van der Waals surface area contributed by atoms with Crippen LogP contribution >= 0.6 is 44.5 Å². The molecule has 0 bridgehead atoms. The summed E-state index contributed by atoms with van der Waals surface area (Å²) in [5, 5.41) is 3.86. The van der Waals surface area contributed by atoms with E-state index >= 15 is 0 Å². The zero-order valence-corrected chi connectivity index (χ0v) is 24.6. The van der Waals surface area contributed by atoms with Gasteiger partial charge < -0.3 is 0 Å². The predicted molar refractivity (Wildman–Crippen MR) is 163 cm³/mol. The third kappa shape index (κ3) is 8.50. The number of nitrogens with zero attached hydrogens (tertiary/aromatic N) is 1. The predicted octanol–water partition coefficient (Wildman–Crippen LogP) is 9.94. The summed E-state index contributed by atoms with van der Waals surface area (Å²) in [6.07, 6.45) is 3.59. The number of carbonyl (C=O) groups excluding carboxylic acids is 1. The number of hydrogen-bond donors (Lipinski definition) is 1. The molecule has 0 aromatic heterocycles. The lowest BCUT2D eigenvalue weighted by Gasteiger charge is -2.26. The Morgan fingerprint density at radius 2 is 1.89 bits per heavy atom. The minimum absolute atomic E-state index is 0.0575. The molecule has 2 atom stereocenters. The van der Waals surface area contributed by atoms with E-state index in [0.717, 1.165) is 53.0 Å². The van der Waals surface area contributed by atoms with Crippen molar-refractivity contribution in [2.45, 2.75) is 46.0 Å². The van der Waals surface area contributed by atoms with E-state index in [9.17, 15) is 18.0 Å². The number of aliphatic imine (C=N–C) groups is 1. The highest BCUT2D eigenvalue weighted by molar-refractivity contribution is 8.77. The molecule has 38 heavy (non-hydrogen) atoms. The van der Waals surface area contributed by atoms with Crippen molar-refractivity contribution in [2.24, 2.45) is 4.99 Å². The van der Waals surface area contributed by atoms with Crippen molar-refractivity contribution in [3.8, 4) is 0 Å². The lowest BCUT2D eigenvalue weighted by atomic mass is 9.81. The van der Waals surface area contributed by atoms with Crippen molar-refractivity contribution in [3.63, 3.8) is 0 Å². The summed E-state index contributed by atoms with van der Waals surface area (Å²) in [5.74, 6) is -0.907. The van der Waals surface area contributed by atoms with Gasteiger partial charge in [0.05, 0.1) is 10.1 Å². The number of hydrogen-bond acceptors (Lipinski definition) is 4. The van der Waals surface area contributed by atoms with E-state index in [2.05, 4.69) is 18.6 Å². The van der Waals surface area contributed by atoms with E-state index in [0.29, 0.717) is 10.6 Å². The van der Waals surface area contributed by atoms with Crippen molar-refractivity contribution in [2.75, 3.05) is 5.75 Å². The van der Waals surface area contributed by atoms with Crippen LogP contribution in [0.1, 0.15) is 60.5 Å². The number of benzene rings is 2. The number of aryl methyl sites for hydroxylation is 1. The van der Waals surface area contributed by atoms with Crippen molar-refractivity contribution in [1.82, 2.24) is 0 Å². The van der Waals surface area contributed by atoms with Gasteiger partial charge in [-0.25, -0.2) is 13.2 Å². The Labute approximate surface area is 238 Å². The molecule has 2 aliphatic rings. The van der Waals surface area contributed by atoms with Gasteiger partial charge in [-0.3, -0.25) is 9.79 Å². The van der Waals surface area contributed by atoms with E-state index in [1.807, 2.05) is 26.0 Å². The van der Waals surface area contributed by atoms with Gasteiger partial charge in [0.2, 0.25) is 0 Å². The average Bonchev–Trinajstić information content (AvgIpc) is 2.87. The number of allylic oxidation sites excluding steroid dienone is 4. The maximum atomic E-state index is 14.1. The fourth-order valence-corrected chi connectivity index (χ4v) is 6.39. The quantitative estimate of drug-likeness (QED) is 0.0930. The van der Waals surface area contributed by atoms with Crippen LogP contribution in [0.5, 0.6) is 0 Å². The normalized spacial score (nSPS) is 19.9. The summed E-state index contributed by atoms with van der Waals surface area (Å²) in [6, 6.07) is 12.0. The first-order valence-corrected chi connectivity index (χ1v) is 15.7. The van der Waals surface area contributed by atoms with Crippen LogP contribution in [0.25, 0.3) is 0 Å². The molecule has 0 saturated heterocycles. The van der Waals surface area contributed by atoms with Gasteiger partial charge >= 0.3 is 0 Å². The molecule has 0 N–H and O–H groups in total. The van der Waals surface area contributed by atoms with Crippen LogP contribution in [0.3, 0.4) is 0 Å². The Morgan fingerprint density at radius 3 is 2.53 bits per heavy atom. The summed E-state index contributed by atoms with van der Waals surface area (Å²) < 4.78 is 40.2. The highest BCUT2D eigenvalue weighted by atomic mass is 35.5. The lowest BCUT2D eigenvalue weighted by molar-refractivity contribution is 0.112. The SMILES string of the molecule is CC(=NC1=C(C)C(c2ccc(Cl)c(C=O)c2)CCC1)SCC1=C(F)C=S(S)C=C1F.Cc1ccc(F)cc1. The van der Waals surface area contributed by atoms with Gasteiger partial charge in [-0.05, 0) is 75.4 Å². The van der Waals surface area contributed by atoms with Crippen LogP contribution in [0, 0.1) is 12.7 Å². The van der Waals surface area contributed by atoms with Crippen LogP contribution in [-0.2, 0) is 0 Å². The minimum atomic E-state index is -0.800. The van der Waals surface area contributed by atoms with Crippen LogP contribution in [-0.4, -0.2) is 22.5 Å². The second-order valence-corrected chi connectivity index (χ2v) is 13.0. The van der Waals surface area contributed by atoms with Crippen LogP contribution < -0.4 is 0 Å². The first kappa shape index (κ1) is 30.5. The first-order valence-electron chi connectivity index (χ1n) is 12.0. The molecule has 9 heteroatoms. The average molecular weight is 596 g/mol. The van der Waals surface area contributed by atoms with Gasteiger partial charge in [0, 0.05) is 39.3 Å². The Hall–Kier alpha value is -2.00. The number of aldehydes is 1. The molecule has 1 aliphatic heterocycles. The third-order valence-corrected chi connectivity index (χ3v) is 9.00. The summed E-state index contributed by atoms with van der Waals surface area (Å²) in [5.41, 5.74) is 4.84. The second kappa shape index (κ2) is 14.4. The Balaban J connectivity index is 0.000000427. The van der Waals surface area contributed by atoms with E-state index in [1.54, 1.807) is 18.2 Å². The maximum absolute atomic E-state index is 14.1. The zero-order chi connectivity index (χ0) is 27.8. The Morgan fingerprint density at radius 1 is 1.18 bits per heavy atom. The first-order chi connectivity index (χ1) is 18.1. The minimum Gasteiger partial charge on any atom is -0.298 e. The molecule has 4 rings (SSSR count). The number of thiol groups is 1. The standard InChI is InChI=1S/C22H22ClF2NOS3.C7H7F/c1-13-17(15-6-7-19(23)16(8-15)9-27)4-3-5-22(13)26-14(2)29-10-18-20(24)11-30(28)12-21(18)25;1-6-2-4-7(8)5-3-6/h6-9,11-12,17,28H,3-5,10H2,1-2H3;2-5H,1H3. The Bertz CT molecular complexity index is 1320. The molecule has 202 valence electrons. The molecule has 2 aromatic rings. The molecule has 0 amide bonds. The monoisotopic (exact) mass is 595 g/mol. The highest BCUT2D eigenvalue weighted by Gasteiger charge is 2.23. The van der Waals surface area contributed by atoms with Crippen LogP contribution in [0.2, 0.25) is 5.02 Å². The van der Waals surface area contributed by atoms with E-state index < -0.39 is 21.2 Å². The van der Waals surface area contributed by atoms with E-state index in [4.69, 9.17) is 16.6 Å². The van der Waals surface area contributed by atoms with E-state index in [-0.39, 0.29) is 23.1 Å². The van der Waals surface area contributed by atoms with Gasteiger partial charge in [-0.2, -0.15) is 0 Å². The molecule has 2 nitrogen and oxygen atoms in total. The number of thioether (sulfide) groups is 1.